The highest BCUT2D eigenvalue weighted by atomic mass is 32.2. The van der Waals surface area contributed by atoms with Crippen LogP contribution in [0.25, 0.3) is 0 Å². The summed E-state index contributed by atoms with van der Waals surface area (Å²) < 4.78 is 23.1. The average Bonchev–Trinajstić information content (AvgIpc) is 3.11. The van der Waals surface area contributed by atoms with Crippen molar-refractivity contribution in [1.29, 1.82) is 0 Å². The molecule has 2 aromatic rings. The van der Waals surface area contributed by atoms with Gasteiger partial charge in [0.15, 0.2) is 15.7 Å². The second-order valence-corrected chi connectivity index (χ2v) is 8.14. The Hall–Kier alpha value is -2.22. The van der Waals surface area contributed by atoms with Gasteiger partial charge in [-0.2, -0.15) is 10.1 Å². The summed E-state index contributed by atoms with van der Waals surface area (Å²) in [6.45, 7) is 0.856. The lowest BCUT2D eigenvalue weighted by Crippen LogP contribution is -2.23. The number of hydrogen-bond acceptors (Lipinski definition) is 7. The first-order valence-electron chi connectivity index (χ1n) is 7.63. The molecule has 120 valence electrons. The van der Waals surface area contributed by atoms with E-state index in [2.05, 4.69) is 37.5 Å². The molecule has 1 aromatic heterocycles. The third-order valence-corrected chi connectivity index (χ3v) is 6.04. The number of aromatic nitrogens is 3. The minimum Gasteiger partial charge on any atom is -0.349 e. The highest BCUT2D eigenvalue weighted by Gasteiger charge is 2.28. The Labute approximate surface area is 134 Å². The SMILES string of the molecule is O=S1(=O)CCC(Nc2nncc(N3CCc4ccccc43)n2)C1. The zero-order chi connectivity index (χ0) is 15.9. The Kier molecular flexibility index (Phi) is 3.41. The summed E-state index contributed by atoms with van der Waals surface area (Å²) in [7, 11) is -2.93. The van der Waals surface area contributed by atoms with Crippen molar-refractivity contribution in [3.8, 4) is 0 Å². The molecule has 2 aliphatic heterocycles. The summed E-state index contributed by atoms with van der Waals surface area (Å²) in [4.78, 5) is 6.62. The zero-order valence-electron chi connectivity index (χ0n) is 12.5. The number of para-hydroxylation sites is 1. The molecular formula is C15H17N5O2S. The summed E-state index contributed by atoms with van der Waals surface area (Å²) in [5.74, 6) is 1.46. The van der Waals surface area contributed by atoms with Gasteiger partial charge in [-0.05, 0) is 24.5 Å². The number of sulfone groups is 1. The van der Waals surface area contributed by atoms with Crippen LogP contribution in [0.5, 0.6) is 0 Å². The fraction of sp³-hybridized carbons (Fsp3) is 0.400. The van der Waals surface area contributed by atoms with E-state index >= 15 is 0 Å². The molecule has 0 aliphatic carbocycles. The van der Waals surface area contributed by atoms with Gasteiger partial charge in [0.2, 0.25) is 5.95 Å². The Balaban J connectivity index is 1.56. The molecule has 1 N–H and O–H groups in total. The number of nitrogens with zero attached hydrogens (tertiary/aromatic N) is 4. The Morgan fingerprint density at radius 3 is 2.96 bits per heavy atom. The molecule has 0 saturated carbocycles. The largest absolute Gasteiger partial charge is 0.349 e. The number of fused-ring (bicyclic) bond motifs is 1. The highest BCUT2D eigenvalue weighted by molar-refractivity contribution is 7.91. The molecule has 7 nitrogen and oxygen atoms in total. The Bertz CT molecular complexity index is 839. The third-order valence-electron chi connectivity index (χ3n) is 4.28. The number of hydrogen-bond donors (Lipinski definition) is 1. The summed E-state index contributed by atoms with van der Waals surface area (Å²) in [5.41, 5.74) is 2.44. The zero-order valence-corrected chi connectivity index (χ0v) is 13.3. The van der Waals surface area contributed by atoms with Crippen molar-refractivity contribution in [1.82, 2.24) is 15.2 Å². The summed E-state index contributed by atoms with van der Waals surface area (Å²) in [6, 6.07) is 8.10. The maximum Gasteiger partial charge on any atom is 0.244 e. The van der Waals surface area contributed by atoms with Crippen LogP contribution in [0.15, 0.2) is 30.5 Å². The van der Waals surface area contributed by atoms with Crippen molar-refractivity contribution >= 4 is 27.3 Å². The molecule has 3 heterocycles. The van der Waals surface area contributed by atoms with Crippen molar-refractivity contribution in [2.75, 3.05) is 28.3 Å². The normalized spacial score (nSPS) is 22.1. The highest BCUT2D eigenvalue weighted by Crippen LogP contribution is 2.33. The molecule has 1 aromatic carbocycles. The molecule has 1 fully saturated rings. The molecule has 0 bridgehead atoms. The molecule has 1 saturated heterocycles. The van der Waals surface area contributed by atoms with Crippen LogP contribution in [-0.2, 0) is 16.3 Å². The maximum atomic E-state index is 11.5. The van der Waals surface area contributed by atoms with Gasteiger partial charge in [-0.1, -0.05) is 18.2 Å². The minimum absolute atomic E-state index is 0.132. The molecule has 23 heavy (non-hydrogen) atoms. The predicted octanol–water partition coefficient (Wildman–Crippen LogP) is 1.16. The number of benzene rings is 1. The number of rotatable bonds is 3. The minimum atomic E-state index is -2.93. The van der Waals surface area contributed by atoms with Crippen LogP contribution in [0.4, 0.5) is 17.5 Å². The van der Waals surface area contributed by atoms with Gasteiger partial charge in [-0.3, -0.25) is 0 Å². The first kappa shape index (κ1) is 14.4. The number of nitrogens with one attached hydrogen (secondary N) is 1. The van der Waals surface area contributed by atoms with E-state index in [0.29, 0.717) is 12.4 Å². The van der Waals surface area contributed by atoms with Gasteiger partial charge in [0.1, 0.15) is 0 Å². The topological polar surface area (TPSA) is 88.1 Å². The van der Waals surface area contributed by atoms with Gasteiger partial charge in [-0.25, -0.2) is 8.42 Å². The van der Waals surface area contributed by atoms with Crippen LogP contribution in [0.3, 0.4) is 0 Å². The second kappa shape index (κ2) is 5.45. The molecule has 0 radical (unpaired) electrons. The van der Waals surface area contributed by atoms with Crippen LogP contribution in [0.2, 0.25) is 0 Å². The van der Waals surface area contributed by atoms with Crippen molar-refractivity contribution in [3.63, 3.8) is 0 Å². The van der Waals surface area contributed by atoms with Gasteiger partial charge in [0.25, 0.3) is 0 Å². The summed E-state index contributed by atoms with van der Waals surface area (Å²) in [5, 5.41) is 11.1. The van der Waals surface area contributed by atoms with Gasteiger partial charge in [-0.15, -0.1) is 5.10 Å². The van der Waals surface area contributed by atoms with E-state index < -0.39 is 9.84 Å². The van der Waals surface area contributed by atoms with Crippen molar-refractivity contribution in [2.45, 2.75) is 18.9 Å². The van der Waals surface area contributed by atoms with Crippen LogP contribution in [-0.4, -0.2) is 47.7 Å². The molecule has 2 aliphatic rings. The third kappa shape index (κ3) is 2.86. The standard InChI is InChI=1S/C15H17N5O2S/c21-23(22)8-6-12(10-23)17-15-18-14(9-16-19-15)20-7-5-11-3-1-2-4-13(11)20/h1-4,9,12H,5-8,10H2,(H,17,18,19). The Morgan fingerprint density at radius 1 is 1.26 bits per heavy atom. The molecule has 4 rings (SSSR count). The fourth-order valence-electron chi connectivity index (χ4n) is 3.15. The second-order valence-electron chi connectivity index (χ2n) is 5.91. The van der Waals surface area contributed by atoms with E-state index in [9.17, 15) is 8.42 Å². The maximum absolute atomic E-state index is 11.5. The Morgan fingerprint density at radius 2 is 2.13 bits per heavy atom. The molecular weight excluding hydrogens is 314 g/mol. The van der Waals surface area contributed by atoms with E-state index in [0.717, 1.165) is 24.5 Å². The molecule has 8 heteroatoms. The fourth-order valence-corrected chi connectivity index (χ4v) is 4.83. The van der Waals surface area contributed by atoms with Gasteiger partial charge in [0, 0.05) is 18.3 Å². The quantitative estimate of drug-likeness (QED) is 0.903. The average molecular weight is 331 g/mol. The van der Waals surface area contributed by atoms with Crippen molar-refractivity contribution in [3.05, 3.63) is 36.0 Å². The van der Waals surface area contributed by atoms with E-state index in [-0.39, 0.29) is 17.5 Å². The van der Waals surface area contributed by atoms with E-state index in [4.69, 9.17) is 0 Å². The summed E-state index contributed by atoms with van der Waals surface area (Å²) >= 11 is 0. The van der Waals surface area contributed by atoms with E-state index in [1.807, 2.05) is 12.1 Å². The van der Waals surface area contributed by atoms with Crippen LogP contribution in [0, 0.1) is 0 Å². The van der Waals surface area contributed by atoms with Gasteiger partial charge in [0.05, 0.1) is 17.7 Å². The lowest BCUT2D eigenvalue weighted by molar-refractivity contribution is 0.602. The summed E-state index contributed by atoms with van der Waals surface area (Å²) in [6.07, 6.45) is 3.20. The number of anilines is 3. The monoisotopic (exact) mass is 331 g/mol. The van der Waals surface area contributed by atoms with Gasteiger partial charge < -0.3 is 10.2 Å². The van der Waals surface area contributed by atoms with Crippen LogP contribution >= 0.6 is 0 Å². The van der Waals surface area contributed by atoms with Crippen LogP contribution < -0.4 is 10.2 Å². The molecule has 1 unspecified atom stereocenters. The van der Waals surface area contributed by atoms with E-state index in [1.165, 1.54) is 5.56 Å². The predicted molar refractivity (Wildman–Crippen MR) is 87.7 cm³/mol. The van der Waals surface area contributed by atoms with E-state index in [1.54, 1.807) is 6.20 Å². The van der Waals surface area contributed by atoms with Crippen molar-refractivity contribution in [2.24, 2.45) is 0 Å². The molecule has 0 amide bonds. The lowest BCUT2D eigenvalue weighted by atomic mass is 10.2. The molecule has 0 spiro atoms. The molecule has 1 atom stereocenters. The van der Waals surface area contributed by atoms with Crippen molar-refractivity contribution < 1.29 is 8.42 Å². The first-order chi connectivity index (χ1) is 11.1. The first-order valence-corrected chi connectivity index (χ1v) is 9.45. The van der Waals surface area contributed by atoms with Crippen LogP contribution in [0.1, 0.15) is 12.0 Å². The lowest BCUT2D eigenvalue weighted by Gasteiger charge is -2.18. The van der Waals surface area contributed by atoms with Gasteiger partial charge >= 0.3 is 0 Å². The smallest absolute Gasteiger partial charge is 0.244 e.